The number of hydrogen-bond donors (Lipinski definition) is 2. The van der Waals surface area contributed by atoms with Gasteiger partial charge in [-0.2, -0.15) is 0 Å². The molecule has 2 N–H and O–H groups in total. The fourth-order valence-electron chi connectivity index (χ4n) is 2.96. The lowest BCUT2D eigenvalue weighted by atomic mass is 9.86. The SMILES string of the molecule is CN(CCB(O)O)Cc1c2ccccc2cc2ccccc12. The van der Waals surface area contributed by atoms with Gasteiger partial charge in [-0.1, -0.05) is 48.5 Å². The molecule has 3 aromatic carbocycles. The van der Waals surface area contributed by atoms with Gasteiger partial charge in [0.15, 0.2) is 0 Å². The highest BCUT2D eigenvalue weighted by molar-refractivity contribution is 6.41. The van der Waals surface area contributed by atoms with Crippen LogP contribution in [-0.4, -0.2) is 35.7 Å². The van der Waals surface area contributed by atoms with Crippen molar-refractivity contribution in [3.63, 3.8) is 0 Å². The zero-order valence-corrected chi connectivity index (χ0v) is 12.7. The molecule has 0 saturated carbocycles. The Kier molecular flexibility index (Phi) is 4.43. The summed E-state index contributed by atoms with van der Waals surface area (Å²) in [5.74, 6) is 0. The molecule has 0 heterocycles. The average molecular weight is 293 g/mol. The largest absolute Gasteiger partial charge is 0.452 e. The van der Waals surface area contributed by atoms with Gasteiger partial charge in [0.05, 0.1) is 0 Å². The van der Waals surface area contributed by atoms with Crippen molar-refractivity contribution in [3.05, 3.63) is 60.2 Å². The summed E-state index contributed by atoms with van der Waals surface area (Å²) in [6, 6.07) is 19.1. The second-order valence-electron chi connectivity index (χ2n) is 5.80. The summed E-state index contributed by atoms with van der Waals surface area (Å²) < 4.78 is 0. The molecule has 0 spiro atoms. The molecule has 0 atom stereocenters. The van der Waals surface area contributed by atoms with Gasteiger partial charge in [0.1, 0.15) is 0 Å². The van der Waals surface area contributed by atoms with Crippen LogP contribution in [0.25, 0.3) is 21.5 Å². The summed E-state index contributed by atoms with van der Waals surface area (Å²) in [4.78, 5) is 2.13. The zero-order valence-electron chi connectivity index (χ0n) is 12.7. The van der Waals surface area contributed by atoms with Gasteiger partial charge in [-0.15, -0.1) is 0 Å². The van der Waals surface area contributed by atoms with Crippen molar-refractivity contribution in [2.24, 2.45) is 0 Å². The molecule has 0 bridgehead atoms. The summed E-state index contributed by atoms with van der Waals surface area (Å²) in [5, 5.41) is 23.1. The van der Waals surface area contributed by atoms with Crippen molar-refractivity contribution in [2.75, 3.05) is 13.6 Å². The van der Waals surface area contributed by atoms with Crippen LogP contribution in [-0.2, 0) is 6.54 Å². The van der Waals surface area contributed by atoms with Crippen LogP contribution in [0.15, 0.2) is 54.6 Å². The minimum Gasteiger partial charge on any atom is -0.427 e. The number of rotatable bonds is 5. The molecule has 0 unspecified atom stereocenters. The zero-order chi connectivity index (χ0) is 15.5. The molecule has 0 saturated heterocycles. The van der Waals surface area contributed by atoms with E-state index in [2.05, 4.69) is 59.5 Å². The number of hydrogen-bond acceptors (Lipinski definition) is 3. The summed E-state index contributed by atoms with van der Waals surface area (Å²) in [6.07, 6.45) is 0.360. The molecule has 0 aliphatic rings. The van der Waals surface area contributed by atoms with E-state index in [9.17, 15) is 0 Å². The summed E-state index contributed by atoms with van der Waals surface area (Å²) in [7, 11) is 0.769. The first-order chi connectivity index (χ1) is 10.6. The van der Waals surface area contributed by atoms with Gasteiger partial charge < -0.3 is 14.9 Å². The van der Waals surface area contributed by atoms with Crippen LogP contribution in [0.5, 0.6) is 0 Å². The van der Waals surface area contributed by atoms with E-state index in [0.29, 0.717) is 12.9 Å². The van der Waals surface area contributed by atoms with E-state index in [1.807, 2.05) is 7.05 Å². The lowest BCUT2D eigenvalue weighted by Gasteiger charge is -2.19. The molecule has 0 amide bonds. The molecule has 0 aromatic heterocycles. The monoisotopic (exact) mass is 293 g/mol. The second kappa shape index (κ2) is 6.49. The molecular weight excluding hydrogens is 273 g/mol. The molecule has 0 aliphatic heterocycles. The predicted molar refractivity (Wildman–Crippen MR) is 92.8 cm³/mol. The van der Waals surface area contributed by atoms with E-state index in [1.54, 1.807) is 0 Å². The van der Waals surface area contributed by atoms with E-state index in [-0.39, 0.29) is 0 Å². The van der Waals surface area contributed by atoms with Crippen molar-refractivity contribution in [2.45, 2.75) is 12.9 Å². The molecule has 0 aliphatic carbocycles. The molecule has 22 heavy (non-hydrogen) atoms. The average Bonchev–Trinajstić information content (AvgIpc) is 2.52. The Morgan fingerprint density at radius 1 is 0.909 bits per heavy atom. The number of fused-ring (bicyclic) bond motifs is 2. The van der Waals surface area contributed by atoms with Crippen LogP contribution in [0, 0.1) is 0 Å². The summed E-state index contributed by atoms with van der Waals surface area (Å²) >= 11 is 0. The maximum Gasteiger partial charge on any atom is 0.452 e. The third kappa shape index (κ3) is 3.14. The van der Waals surface area contributed by atoms with Crippen molar-refractivity contribution in [3.8, 4) is 0 Å². The summed E-state index contributed by atoms with van der Waals surface area (Å²) in [6.45, 7) is 1.43. The first-order valence-electron chi connectivity index (χ1n) is 7.59. The van der Waals surface area contributed by atoms with Crippen molar-refractivity contribution in [1.29, 1.82) is 0 Å². The van der Waals surface area contributed by atoms with Gasteiger partial charge in [-0.05, 0) is 53.1 Å². The Balaban J connectivity index is 2.04. The van der Waals surface area contributed by atoms with Crippen molar-refractivity contribution in [1.82, 2.24) is 4.90 Å². The van der Waals surface area contributed by atoms with Gasteiger partial charge in [-0.3, -0.25) is 0 Å². The third-order valence-corrected chi connectivity index (χ3v) is 4.08. The van der Waals surface area contributed by atoms with Crippen LogP contribution < -0.4 is 0 Å². The van der Waals surface area contributed by atoms with Crippen LogP contribution >= 0.6 is 0 Å². The van der Waals surface area contributed by atoms with E-state index in [1.165, 1.54) is 27.1 Å². The molecule has 3 rings (SSSR count). The standard InChI is InChI=1S/C18H20BNO2/c1-20(11-10-19(21)22)13-18-16-8-4-2-6-14(16)12-15-7-3-5-9-17(15)18/h2-9,12,21-22H,10-11,13H2,1H3. The fraction of sp³-hybridized carbons (Fsp3) is 0.222. The lowest BCUT2D eigenvalue weighted by Crippen LogP contribution is -2.24. The maximum atomic E-state index is 9.04. The molecule has 3 nitrogen and oxygen atoms in total. The Bertz CT molecular complexity index is 734. The number of benzene rings is 3. The van der Waals surface area contributed by atoms with E-state index in [0.717, 1.165) is 6.54 Å². The topological polar surface area (TPSA) is 43.7 Å². The van der Waals surface area contributed by atoms with Crippen molar-refractivity contribution >= 4 is 28.7 Å². The van der Waals surface area contributed by atoms with Crippen LogP contribution in [0.4, 0.5) is 0 Å². The highest BCUT2D eigenvalue weighted by Gasteiger charge is 2.12. The Labute approximate surface area is 130 Å². The Hall–Kier alpha value is -1.88. The van der Waals surface area contributed by atoms with E-state index in [4.69, 9.17) is 10.0 Å². The molecule has 3 aromatic rings. The highest BCUT2D eigenvalue weighted by atomic mass is 16.4. The van der Waals surface area contributed by atoms with Gasteiger partial charge >= 0.3 is 7.12 Å². The lowest BCUT2D eigenvalue weighted by molar-refractivity contribution is 0.327. The van der Waals surface area contributed by atoms with E-state index < -0.39 is 7.12 Å². The minimum absolute atomic E-state index is 0.360. The fourth-order valence-corrected chi connectivity index (χ4v) is 2.96. The minimum atomic E-state index is -1.24. The first kappa shape index (κ1) is 15.0. The van der Waals surface area contributed by atoms with E-state index >= 15 is 0 Å². The van der Waals surface area contributed by atoms with Gasteiger partial charge in [0, 0.05) is 6.54 Å². The molecule has 0 fully saturated rings. The Morgan fingerprint density at radius 2 is 1.45 bits per heavy atom. The smallest absolute Gasteiger partial charge is 0.427 e. The quantitative estimate of drug-likeness (QED) is 0.561. The second-order valence-corrected chi connectivity index (χ2v) is 5.80. The molecular formula is C18H20BNO2. The van der Waals surface area contributed by atoms with Crippen LogP contribution in [0.1, 0.15) is 5.56 Å². The number of nitrogens with zero attached hydrogens (tertiary/aromatic N) is 1. The normalized spacial score (nSPS) is 11.5. The molecule has 4 heteroatoms. The predicted octanol–water partition coefficient (Wildman–Crippen LogP) is 2.90. The maximum absolute atomic E-state index is 9.04. The van der Waals surface area contributed by atoms with Crippen LogP contribution in [0.3, 0.4) is 0 Å². The highest BCUT2D eigenvalue weighted by Crippen LogP contribution is 2.29. The molecule has 0 radical (unpaired) electrons. The van der Waals surface area contributed by atoms with Crippen molar-refractivity contribution < 1.29 is 10.0 Å². The van der Waals surface area contributed by atoms with Gasteiger partial charge in [0.2, 0.25) is 0 Å². The van der Waals surface area contributed by atoms with Crippen LogP contribution in [0.2, 0.25) is 6.32 Å². The summed E-state index contributed by atoms with van der Waals surface area (Å²) in [5.41, 5.74) is 1.30. The molecule has 112 valence electrons. The third-order valence-electron chi connectivity index (χ3n) is 4.08. The first-order valence-corrected chi connectivity index (χ1v) is 7.59. The Morgan fingerprint density at radius 3 is 2.00 bits per heavy atom. The van der Waals surface area contributed by atoms with Gasteiger partial charge in [-0.25, -0.2) is 0 Å². The van der Waals surface area contributed by atoms with Gasteiger partial charge in [0.25, 0.3) is 0 Å².